The summed E-state index contributed by atoms with van der Waals surface area (Å²) in [7, 11) is -3.44. The van der Waals surface area contributed by atoms with Gasteiger partial charge in [0.15, 0.2) is 5.82 Å². The van der Waals surface area contributed by atoms with E-state index in [2.05, 4.69) is 48.4 Å². The standard InChI is InChI=1S/C26H31ClN6O2S/c1-36(34,35)32-24-7-3-2-6-23(24)30-25-22(27)17-28-26(31-25)29-20-11-8-18-9-12-21(13-10-19(18)16-20)33-14-4-5-15-33/h2-3,6-8,11,16-17,21,32H,4-5,9-10,12-15H2,1H3,(H2,28,29,30,31). The number of hydrogen-bond acceptors (Lipinski definition) is 7. The highest BCUT2D eigenvalue weighted by Gasteiger charge is 2.24. The quantitative estimate of drug-likeness (QED) is 0.358. The Morgan fingerprint density at radius 1 is 0.972 bits per heavy atom. The van der Waals surface area contributed by atoms with Crippen LogP contribution in [0.4, 0.5) is 28.8 Å². The number of para-hydroxylation sites is 2. The van der Waals surface area contributed by atoms with Gasteiger partial charge in [-0.25, -0.2) is 13.4 Å². The van der Waals surface area contributed by atoms with E-state index in [9.17, 15) is 8.42 Å². The summed E-state index contributed by atoms with van der Waals surface area (Å²) in [5, 5.41) is 6.75. The lowest BCUT2D eigenvalue weighted by Crippen LogP contribution is -2.32. The number of nitrogens with one attached hydrogen (secondary N) is 3. The maximum Gasteiger partial charge on any atom is 0.229 e. The van der Waals surface area contributed by atoms with Gasteiger partial charge in [0.05, 0.1) is 23.8 Å². The lowest BCUT2D eigenvalue weighted by atomic mass is 10.0. The van der Waals surface area contributed by atoms with Gasteiger partial charge in [-0.1, -0.05) is 29.8 Å². The van der Waals surface area contributed by atoms with Gasteiger partial charge in [0.2, 0.25) is 16.0 Å². The number of halogens is 1. The van der Waals surface area contributed by atoms with Gasteiger partial charge in [0, 0.05) is 11.7 Å². The fraction of sp³-hybridized carbons (Fsp3) is 0.385. The Balaban J connectivity index is 1.31. The average Bonchev–Trinajstić information content (AvgIpc) is 3.29. The molecule has 1 fully saturated rings. The maximum absolute atomic E-state index is 11.7. The normalized spacial score (nSPS) is 18.3. The minimum atomic E-state index is -3.44. The molecular weight excluding hydrogens is 496 g/mol. The van der Waals surface area contributed by atoms with E-state index in [1.54, 1.807) is 24.3 Å². The summed E-state index contributed by atoms with van der Waals surface area (Å²) in [6.07, 6.45) is 9.90. The third-order valence-corrected chi connectivity index (χ3v) is 7.70. The van der Waals surface area contributed by atoms with Crippen LogP contribution in [0.25, 0.3) is 0 Å². The molecule has 3 N–H and O–H groups in total. The molecule has 190 valence electrons. The van der Waals surface area contributed by atoms with E-state index in [1.807, 2.05) is 0 Å². The Morgan fingerprint density at radius 2 is 1.69 bits per heavy atom. The van der Waals surface area contributed by atoms with Crippen LogP contribution in [0.5, 0.6) is 0 Å². The van der Waals surface area contributed by atoms with E-state index in [0.717, 1.165) is 24.8 Å². The van der Waals surface area contributed by atoms with E-state index in [4.69, 9.17) is 11.6 Å². The Morgan fingerprint density at radius 3 is 2.44 bits per heavy atom. The molecule has 3 aromatic rings. The SMILES string of the molecule is CS(=O)(=O)Nc1ccccc1Nc1nc(Nc2ccc3c(c2)CCC(N2CCCC2)CC3)ncc1Cl. The lowest BCUT2D eigenvalue weighted by Gasteiger charge is -2.25. The molecule has 5 rings (SSSR count). The van der Waals surface area contributed by atoms with Crippen LogP contribution in [-0.4, -0.2) is 48.7 Å². The van der Waals surface area contributed by atoms with Crippen molar-refractivity contribution in [3.63, 3.8) is 0 Å². The van der Waals surface area contributed by atoms with Gasteiger partial charge in [-0.15, -0.1) is 0 Å². The summed E-state index contributed by atoms with van der Waals surface area (Å²) < 4.78 is 26.0. The van der Waals surface area contributed by atoms with Crippen LogP contribution in [0.1, 0.15) is 36.8 Å². The Labute approximate surface area is 217 Å². The molecule has 1 saturated heterocycles. The molecule has 1 aliphatic carbocycles. The monoisotopic (exact) mass is 526 g/mol. The first-order valence-corrected chi connectivity index (χ1v) is 14.6. The van der Waals surface area contributed by atoms with Crippen LogP contribution < -0.4 is 15.4 Å². The number of aryl methyl sites for hydroxylation is 2. The predicted octanol–water partition coefficient (Wildman–Crippen LogP) is 5.33. The van der Waals surface area contributed by atoms with E-state index >= 15 is 0 Å². The molecule has 2 aliphatic rings. The highest BCUT2D eigenvalue weighted by atomic mass is 35.5. The van der Waals surface area contributed by atoms with Gasteiger partial charge in [0.25, 0.3) is 0 Å². The zero-order valence-electron chi connectivity index (χ0n) is 20.3. The summed E-state index contributed by atoms with van der Waals surface area (Å²) in [5.74, 6) is 0.777. The number of benzene rings is 2. The first-order valence-electron chi connectivity index (χ1n) is 12.3. The Bertz CT molecular complexity index is 1340. The van der Waals surface area contributed by atoms with Crippen molar-refractivity contribution in [1.29, 1.82) is 0 Å². The Hall–Kier alpha value is -2.88. The lowest BCUT2D eigenvalue weighted by molar-refractivity contribution is 0.222. The van der Waals surface area contributed by atoms with E-state index in [-0.39, 0.29) is 0 Å². The summed E-state index contributed by atoms with van der Waals surface area (Å²) >= 11 is 6.36. The van der Waals surface area contributed by atoms with Crippen molar-refractivity contribution in [3.05, 3.63) is 64.8 Å². The van der Waals surface area contributed by atoms with Crippen LogP contribution in [0.15, 0.2) is 48.7 Å². The number of likely N-dealkylation sites (tertiary alicyclic amines) is 1. The zero-order valence-corrected chi connectivity index (χ0v) is 21.9. The molecule has 0 amide bonds. The molecule has 0 spiro atoms. The predicted molar refractivity (Wildman–Crippen MR) is 146 cm³/mol. The van der Waals surface area contributed by atoms with Gasteiger partial charge in [-0.2, -0.15) is 4.98 Å². The Kier molecular flexibility index (Phi) is 7.32. The number of rotatable bonds is 7. The number of aromatic nitrogens is 2. The molecule has 0 saturated carbocycles. The fourth-order valence-corrected chi connectivity index (χ4v) is 5.81. The number of hydrogen-bond donors (Lipinski definition) is 3. The molecule has 10 heteroatoms. The van der Waals surface area contributed by atoms with Crippen molar-refractivity contribution in [2.45, 2.75) is 44.6 Å². The first kappa shape index (κ1) is 24.8. The highest BCUT2D eigenvalue weighted by molar-refractivity contribution is 7.92. The molecule has 1 aromatic heterocycles. The second kappa shape index (κ2) is 10.6. The van der Waals surface area contributed by atoms with Crippen molar-refractivity contribution in [2.75, 3.05) is 34.7 Å². The second-order valence-electron chi connectivity index (χ2n) is 9.52. The summed E-state index contributed by atoms with van der Waals surface area (Å²) in [4.78, 5) is 11.6. The molecule has 1 atom stereocenters. The maximum atomic E-state index is 11.7. The van der Waals surface area contributed by atoms with Gasteiger partial charge in [-0.3, -0.25) is 4.72 Å². The van der Waals surface area contributed by atoms with Gasteiger partial charge < -0.3 is 15.5 Å². The molecule has 1 aliphatic heterocycles. The van der Waals surface area contributed by atoms with E-state index in [1.165, 1.54) is 56.1 Å². The van der Waals surface area contributed by atoms with Crippen molar-refractivity contribution in [2.24, 2.45) is 0 Å². The minimum absolute atomic E-state index is 0.324. The molecule has 36 heavy (non-hydrogen) atoms. The summed E-state index contributed by atoms with van der Waals surface area (Å²) in [6, 6.07) is 14.1. The molecular formula is C26H31ClN6O2S. The van der Waals surface area contributed by atoms with Gasteiger partial charge in [-0.05, 0) is 87.0 Å². The molecule has 1 unspecified atom stereocenters. The summed E-state index contributed by atoms with van der Waals surface area (Å²) in [6.45, 7) is 2.49. The zero-order chi connectivity index (χ0) is 25.1. The first-order chi connectivity index (χ1) is 17.3. The van der Waals surface area contributed by atoms with E-state index < -0.39 is 10.0 Å². The highest BCUT2D eigenvalue weighted by Crippen LogP contribution is 2.31. The van der Waals surface area contributed by atoms with Crippen molar-refractivity contribution in [1.82, 2.24) is 14.9 Å². The van der Waals surface area contributed by atoms with Crippen LogP contribution in [0.3, 0.4) is 0 Å². The van der Waals surface area contributed by atoms with Crippen LogP contribution in [0.2, 0.25) is 5.02 Å². The molecule has 2 aromatic carbocycles. The van der Waals surface area contributed by atoms with Crippen molar-refractivity contribution < 1.29 is 8.42 Å². The number of sulfonamides is 1. The van der Waals surface area contributed by atoms with Crippen LogP contribution in [0, 0.1) is 0 Å². The molecule has 2 heterocycles. The molecule has 0 bridgehead atoms. The number of nitrogens with zero attached hydrogens (tertiary/aromatic N) is 3. The van der Waals surface area contributed by atoms with Gasteiger partial charge >= 0.3 is 0 Å². The smallest absolute Gasteiger partial charge is 0.229 e. The molecule has 8 nitrogen and oxygen atoms in total. The van der Waals surface area contributed by atoms with Gasteiger partial charge in [0.1, 0.15) is 5.02 Å². The number of anilines is 5. The largest absolute Gasteiger partial charge is 0.337 e. The second-order valence-corrected chi connectivity index (χ2v) is 11.7. The third kappa shape index (κ3) is 6.08. The van der Waals surface area contributed by atoms with Crippen LogP contribution in [-0.2, 0) is 22.9 Å². The fourth-order valence-electron chi connectivity index (χ4n) is 5.09. The molecule has 0 radical (unpaired) electrons. The third-order valence-electron chi connectivity index (χ3n) is 6.83. The van der Waals surface area contributed by atoms with E-state index in [0.29, 0.717) is 34.2 Å². The topological polar surface area (TPSA) is 99.2 Å². The van der Waals surface area contributed by atoms with Crippen LogP contribution >= 0.6 is 11.6 Å². The number of fused-ring (bicyclic) bond motifs is 1. The van der Waals surface area contributed by atoms with Crippen molar-refractivity contribution >= 4 is 50.5 Å². The average molecular weight is 527 g/mol. The summed E-state index contributed by atoms with van der Waals surface area (Å²) in [5.41, 5.74) is 4.68. The van der Waals surface area contributed by atoms with Crippen molar-refractivity contribution in [3.8, 4) is 0 Å². The minimum Gasteiger partial charge on any atom is -0.337 e.